The molecule has 0 aliphatic carbocycles. The van der Waals surface area contributed by atoms with Gasteiger partial charge in [-0.3, -0.25) is 4.79 Å². The minimum Gasteiger partial charge on any atom is -0.481 e. The maximum absolute atomic E-state index is 11.1. The summed E-state index contributed by atoms with van der Waals surface area (Å²) in [6, 6.07) is 12.7. The number of rotatable bonds is 5. The van der Waals surface area contributed by atoms with Crippen molar-refractivity contribution < 1.29 is 9.90 Å². The second kappa shape index (κ2) is 7.03. The van der Waals surface area contributed by atoms with E-state index in [4.69, 9.17) is 28.3 Å². The molecule has 2 rings (SSSR count). The van der Waals surface area contributed by atoms with Crippen molar-refractivity contribution >= 4 is 40.9 Å². The predicted molar refractivity (Wildman–Crippen MR) is 87.6 cm³/mol. The third-order valence-electron chi connectivity index (χ3n) is 2.87. The van der Waals surface area contributed by atoms with Gasteiger partial charge in [0.1, 0.15) is 0 Å². The summed E-state index contributed by atoms with van der Waals surface area (Å²) in [6.45, 7) is 3.54. The van der Waals surface area contributed by atoms with Crippen LogP contribution in [0.1, 0.15) is 11.5 Å². The Morgan fingerprint density at radius 1 is 1.14 bits per heavy atom. The maximum Gasteiger partial charge on any atom is 0.314 e. The van der Waals surface area contributed by atoms with Crippen LogP contribution in [0.25, 0.3) is 0 Å². The molecule has 21 heavy (non-hydrogen) atoms. The van der Waals surface area contributed by atoms with Gasteiger partial charge < -0.3 is 5.11 Å². The Kier molecular flexibility index (Phi) is 5.34. The second-order valence-corrected chi connectivity index (χ2v) is 6.17. The van der Waals surface area contributed by atoms with Crippen LogP contribution in [-0.2, 0) is 4.79 Å². The number of hydrogen-bond acceptors (Lipinski definition) is 2. The Bertz CT molecular complexity index is 686. The molecule has 2 aromatic carbocycles. The van der Waals surface area contributed by atoms with Crippen LogP contribution in [-0.4, -0.2) is 11.1 Å². The fourth-order valence-corrected chi connectivity index (χ4v) is 3.22. The fraction of sp³-hybridized carbons (Fsp3) is 0.0625. The van der Waals surface area contributed by atoms with Gasteiger partial charge in [-0.15, -0.1) is 6.58 Å². The van der Waals surface area contributed by atoms with Gasteiger partial charge in [0.15, 0.2) is 0 Å². The van der Waals surface area contributed by atoms with Gasteiger partial charge in [0.25, 0.3) is 0 Å². The SMILES string of the molecule is C=CC(C(=O)O)c1ccc(Sc2ccccc2Cl)c(Cl)c1. The molecule has 0 saturated carbocycles. The maximum atomic E-state index is 11.1. The van der Waals surface area contributed by atoms with Crippen LogP contribution in [0.4, 0.5) is 0 Å². The average molecular weight is 339 g/mol. The van der Waals surface area contributed by atoms with Gasteiger partial charge in [0.2, 0.25) is 0 Å². The summed E-state index contributed by atoms with van der Waals surface area (Å²) in [4.78, 5) is 12.8. The van der Waals surface area contributed by atoms with E-state index in [9.17, 15) is 4.79 Å². The van der Waals surface area contributed by atoms with Crippen molar-refractivity contribution in [3.05, 3.63) is 70.7 Å². The number of carboxylic acids is 1. The summed E-state index contributed by atoms with van der Waals surface area (Å²) < 4.78 is 0. The lowest BCUT2D eigenvalue weighted by atomic mass is 10.00. The zero-order chi connectivity index (χ0) is 15.4. The van der Waals surface area contributed by atoms with Gasteiger partial charge >= 0.3 is 5.97 Å². The number of carbonyl (C=O) groups is 1. The summed E-state index contributed by atoms with van der Waals surface area (Å²) in [5.74, 6) is -1.71. The lowest BCUT2D eigenvalue weighted by molar-refractivity contribution is -0.137. The Morgan fingerprint density at radius 2 is 1.81 bits per heavy atom. The highest BCUT2D eigenvalue weighted by Crippen LogP contribution is 2.38. The van der Waals surface area contributed by atoms with Crippen LogP contribution >= 0.6 is 35.0 Å². The van der Waals surface area contributed by atoms with E-state index in [-0.39, 0.29) is 0 Å². The van der Waals surface area contributed by atoms with Gasteiger partial charge in [-0.2, -0.15) is 0 Å². The molecule has 1 N–H and O–H groups in total. The molecular formula is C16H12Cl2O2S. The molecule has 0 amide bonds. The lowest BCUT2D eigenvalue weighted by Crippen LogP contribution is -2.08. The Balaban J connectivity index is 2.30. The molecule has 0 bridgehead atoms. The summed E-state index contributed by atoms with van der Waals surface area (Å²) in [5, 5.41) is 10.3. The fourth-order valence-electron chi connectivity index (χ4n) is 1.82. The van der Waals surface area contributed by atoms with E-state index in [0.29, 0.717) is 15.6 Å². The molecule has 108 valence electrons. The topological polar surface area (TPSA) is 37.3 Å². The molecule has 5 heteroatoms. The Hall–Kier alpha value is -1.42. The van der Waals surface area contributed by atoms with Gasteiger partial charge in [-0.1, -0.05) is 59.2 Å². The summed E-state index contributed by atoms with van der Waals surface area (Å²) in [7, 11) is 0. The number of carboxylic acid groups (broad SMARTS) is 1. The third kappa shape index (κ3) is 3.82. The summed E-state index contributed by atoms with van der Waals surface area (Å²) in [6.07, 6.45) is 1.38. The van der Waals surface area contributed by atoms with E-state index in [0.717, 1.165) is 9.79 Å². The van der Waals surface area contributed by atoms with Crippen LogP contribution in [0.2, 0.25) is 10.0 Å². The van der Waals surface area contributed by atoms with E-state index >= 15 is 0 Å². The largest absolute Gasteiger partial charge is 0.481 e. The van der Waals surface area contributed by atoms with E-state index in [1.54, 1.807) is 18.2 Å². The average Bonchev–Trinajstić information content (AvgIpc) is 2.44. The van der Waals surface area contributed by atoms with Crippen molar-refractivity contribution in [2.45, 2.75) is 15.7 Å². The van der Waals surface area contributed by atoms with Crippen LogP contribution in [0.3, 0.4) is 0 Å². The standard InChI is InChI=1S/C16H12Cl2O2S/c1-2-11(16(19)20)10-7-8-15(13(18)9-10)21-14-6-4-3-5-12(14)17/h2-9,11H,1H2,(H,19,20). The van der Waals surface area contributed by atoms with Gasteiger partial charge in [-0.25, -0.2) is 0 Å². The number of benzene rings is 2. The monoisotopic (exact) mass is 338 g/mol. The summed E-state index contributed by atoms with van der Waals surface area (Å²) >= 11 is 13.8. The molecule has 0 fully saturated rings. The molecule has 1 unspecified atom stereocenters. The third-order valence-corrected chi connectivity index (χ3v) is 4.89. The first kappa shape index (κ1) is 16.0. The second-order valence-electron chi connectivity index (χ2n) is 4.27. The normalized spacial score (nSPS) is 11.9. The molecule has 0 radical (unpaired) electrons. The zero-order valence-corrected chi connectivity index (χ0v) is 13.3. The molecular weight excluding hydrogens is 327 g/mol. The van der Waals surface area contributed by atoms with Crippen molar-refractivity contribution in [2.75, 3.05) is 0 Å². The molecule has 0 aromatic heterocycles. The quantitative estimate of drug-likeness (QED) is 0.731. The highest BCUT2D eigenvalue weighted by molar-refractivity contribution is 7.99. The number of aliphatic carboxylic acids is 1. The van der Waals surface area contributed by atoms with Crippen LogP contribution in [0.5, 0.6) is 0 Å². The first-order valence-corrected chi connectivity index (χ1v) is 7.67. The molecule has 0 aliphatic rings. The molecule has 0 aliphatic heterocycles. The highest BCUT2D eigenvalue weighted by atomic mass is 35.5. The lowest BCUT2D eigenvalue weighted by Gasteiger charge is -2.11. The van der Waals surface area contributed by atoms with Crippen molar-refractivity contribution in [2.24, 2.45) is 0 Å². The smallest absolute Gasteiger partial charge is 0.314 e. The van der Waals surface area contributed by atoms with E-state index in [2.05, 4.69) is 6.58 Å². The zero-order valence-electron chi connectivity index (χ0n) is 10.9. The molecule has 2 aromatic rings. The number of hydrogen-bond donors (Lipinski definition) is 1. The van der Waals surface area contributed by atoms with Gasteiger partial charge in [0.05, 0.1) is 16.0 Å². The van der Waals surface area contributed by atoms with Crippen molar-refractivity contribution in [3.8, 4) is 0 Å². The molecule has 2 nitrogen and oxygen atoms in total. The highest BCUT2D eigenvalue weighted by Gasteiger charge is 2.17. The number of halogens is 2. The molecule has 0 heterocycles. The molecule has 0 spiro atoms. The van der Waals surface area contributed by atoms with E-state index in [1.165, 1.54) is 17.8 Å². The van der Waals surface area contributed by atoms with Gasteiger partial charge in [0, 0.05) is 9.79 Å². The van der Waals surface area contributed by atoms with Crippen molar-refractivity contribution in [1.82, 2.24) is 0 Å². The van der Waals surface area contributed by atoms with Crippen LogP contribution in [0, 0.1) is 0 Å². The van der Waals surface area contributed by atoms with E-state index in [1.807, 2.05) is 24.3 Å². The van der Waals surface area contributed by atoms with Crippen LogP contribution < -0.4 is 0 Å². The predicted octanol–water partition coefficient (Wildman–Crippen LogP) is 5.50. The first-order chi connectivity index (χ1) is 10.0. The first-order valence-electron chi connectivity index (χ1n) is 6.10. The van der Waals surface area contributed by atoms with E-state index < -0.39 is 11.9 Å². The minimum absolute atomic E-state index is 0.491. The van der Waals surface area contributed by atoms with Gasteiger partial charge in [-0.05, 0) is 29.8 Å². The van der Waals surface area contributed by atoms with Crippen molar-refractivity contribution in [3.63, 3.8) is 0 Å². The van der Waals surface area contributed by atoms with Crippen LogP contribution in [0.15, 0.2) is 64.9 Å². The summed E-state index contributed by atoms with van der Waals surface area (Å²) in [5.41, 5.74) is 0.603. The Morgan fingerprint density at radius 3 is 2.38 bits per heavy atom. The minimum atomic E-state index is -0.951. The van der Waals surface area contributed by atoms with Crippen molar-refractivity contribution in [1.29, 1.82) is 0 Å². The Labute approximate surface area is 137 Å². The molecule has 0 saturated heterocycles. The molecule has 1 atom stereocenters.